The van der Waals surface area contributed by atoms with Gasteiger partial charge < -0.3 is 9.16 Å². The molecule has 1 aliphatic heterocycles. The van der Waals surface area contributed by atoms with E-state index in [1.165, 1.54) is 6.42 Å². The Balaban J connectivity index is 1.86. The normalized spacial score (nSPS) is 27.8. The van der Waals surface area contributed by atoms with Gasteiger partial charge in [-0.25, -0.2) is 0 Å². The monoisotopic (exact) mass is 132 g/mol. The summed E-state index contributed by atoms with van der Waals surface area (Å²) in [6, 6.07) is 0. The van der Waals surface area contributed by atoms with Gasteiger partial charge in [0.15, 0.2) is 0 Å². The van der Waals surface area contributed by atoms with Crippen LogP contribution < -0.4 is 0 Å². The first kappa shape index (κ1) is 6.26. The van der Waals surface area contributed by atoms with Gasteiger partial charge >= 0.3 is 0 Å². The fourth-order valence-electron chi connectivity index (χ4n) is 0.761. The Morgan fingerprint density at radius 1 is 1.75 bits per heavy atom. The quantitative estimate of drug-likeness (QED) is 0.480. The molecule has 0 spiro atoms. The summed E-state index contributed by atoms with van der Waals surface area (Å²) >= 11 is 0. The molecule has 0 saturated carbocycles. The molecule has 1 rings (SSSR count). The van der Waals surface area contributed by atoms with Crippen LogP contribution in [-0.4, -0.2) is 29.8 Å². The third-order valence-electron chi connectivity index (χ3n) is 1.44. The van der Waals surface area contributed by atoms with Crippen molar-refractivity contribution in [3.05, 3.63) is 0 Å². The summed E-state index contributed by atoms with van der Waals surface area (Å²) in [6.07, 6.45) is 2.87. The Labute approximate surface area is 52.7 Å². The lowest BCUT2D eigenvalue weighted by Crippen LogP contribution is -2.27. The molecular weight excluding hydrogens is 120 g/mol. The van der Waals surface area contributed by atoms with E-state index in [1.807, 2.05) is 0 Å². The highest BCUT2D eigenvalue weighted by Gasteiger charge is 2.16. The molecule has 0 bridgehead atoms. The Morgan fingerprint density at radius 3 is 2.88 bits per heavy atom. The van der Waals surface area contributed by atoms with Crippen LogP contribution >= 0.6 is 0 Å². The third-order valence-corrected chi connectivity index (χ3v) is 1.85. The fourth-order valence-corrected chi connectivity index (χ4v) is 0.997. The average Bonchev–Trinajstić information content (AvgIpc) is 1.63. The van der Waals surface area contributed by atoms with Crippen molar-refractivity contribution >= 4 is 10.5 Å². The molecule has 1 unspecified atom stereocenters. The first-order chi connectivity index (χ1) is 3.93. The summed E-state index contributed by atoms with van der Waals surface area (Å²) in [4.78, 5) is 0. The van der Waals surface area contributed by atoms with Crippen molar-refractivity contribution in [2.75, 3.05) is 13.2 Å². The van der Waals surface area contributed by atoms with Crippen LogP contribution in [0.3, 0.4) is 0 Å². The molecule has 0 aromatic carbocycles. The summed E-state index contributed by atoms with van der Waals surface area (Å²) < 4.78 is 10.2. The minimum atomic E-state index is 0.531. The first-order valence-electron chi connectivity index (χ1n) is 3.04. The first-order valence-corrected chi connectivity index (χ1v) is 3.85. The minimum Gasteiger partial charge on any atom is -0.428 e. The smallest absolute Gasteiger partial charge is 0.145 e. The molecular formula is C5H12O2Si. The van der Waals surface area contributed by atoms with Gasteiger partial charge in [-0.2, -0.15) is 0 Å². The average molecular weight is 132 g/mol. The van der Waals surface area contributed by atoms with Crippen molar-refractivity contribution in [2.24, 2.45) is 0 Å². The molecule has 2 nitrogen and oxygen atoms in total. The molecule has 0 aliphatic carbocycles. The molecule has 8 heavy (non-hydrogen) atoms. The van der Waals surface area contributed by atoms with Crippen LogP contribution in [-0.2, 0) is 9.16 Å². The van der Waals surface area contributed by atoms with E-state index in [2.05, 4.69) is 0 Å². The molecule has 0 aromatic heterocycles. The second kappa shape index (κ2) is 3.22. The molecule has 0 aromatic rings. The SMILES string of the molecule is [SiH3]OCCC1CCO1. The molecule has 48 valence electrons. The van der Waals surface area contributed by atoms with Crippen LogP contribution in [0.4, 0.5) is 0 Å². The van der Waals surface area contributed by atoms with Crippen molar-refractivity contribution in [3.63, 3.8) is 0 Å². The molecule has 1 aliphatic rings. The third kappa shape index (κ3) is 1.58. The second-order valence-corrected chi connectivity index (χ2v) is 2.64. The van der Waals surface area contributed by atoms with Crippen molar-refractivity contribution in [2.45, 2.75) is 18.9 Å². The predicted octanol–water partition coefficient (Wildman–Crippen LogP) is -0.538. The lowest BCUT2D eigenvalue weighted by atomic mass is 10.1. The van der Waals surface area contributed by atoms with E-state index in [9.17, 15) is 0 Å². The van der Waals surface area contributed by atoms with E-state index in [0.717, 1.165) is 30.1 Å². The summed E-state index contributed by atoms with van der Waals surface area (Å²) in [7, 11) is 0.866. The van der Waals surface area contributed by atoms with Crippen LogP contribution in [0.25, 0.3) is 0 Å². The molecule has 0 N–H and O–H groups in total. The van der Waals surface area contributed by atoms with Crippen LogP contribution in [0.2, 0.25) is 0 Å². The van der Waals surface area contributed by atoms with E-state index < -0.39 is 0 Å². The standard InChI is InChI=1S/C5H12O2Si/c8-7-4-2-5-1-3-6-5/h5H,1-4H2,8H3. The minimum absolute atomic E-state index is 0.531. The fraction of sp³-hybridized carbons (Fsp3) is 1.00. The Morgan fingerprint density at radius 2 is 2.50 bits per heavy atom. The van der Waals surface area contributed by atoms with Gasteiger partial charge in [-0.3, -0.25) is 0 Å². The Kier molecular flexibility index (Phi) is 2.52. The van der Waals surface area contributed by atoms with E-state index in [4.69, 9.17) is 9.16 Å². The second-order valence-electron chi connectivity index (χ2n) is 2.06. The van der Waals surface area contributed by atoms with Crippen LogP contribution in [0.5, 0.6) is 0 Å². The Bertz CT molecular complexity index is 63.4. The van der Waals surface area contributed by atoms with E-state index in [0.29, 0.717) is 6.10 Å². The van der Waals surface area contributed by atoms with Crippen molar-refractivity contribution in [3.8, 4) is 0 Å². The number of hydrogen-bond donors (Lipinski definition) is 0. The van der Waals surface area contributed by atoms with Gasteiger partial charge in [0.25, 0.3) is 0 Å². The lowest BCUT2D eigenvalue weighted by Gasteiger charge is -2.25. The van der Waals surface area contributed by atoms with Gasteiger partial charge in [-0.15, -0.1) is 0 Å². The molecule has 3 heteroatoms. The number of hydrogen-bond acceptors (Lipinski definition) is 2. The lowest BCUT2D eigenvalue weighted by molar-refractivity contribution is -0.0593. The van der Waals surface area contributed by atoms with Crippen LogP contribution in [0.15, 0.2) is 0 Å². The molecule has 1 heterocycles. The van der Waals surface area contributed by atoms with E-state index >= 15 is 0 Å². The molecule has 0 amide bonds. The number of ether oxygens (including phenoxy) is 1. The number of rotatable bonds is 3. The van der Waals surface area contributed by atoms with E-state index in [-0.39, 0.29) is 0 Å². The zero-order valence-corrected chi connectivity index (χ0v) is 7.22. The van der Waals surface area contributed by atoms with Gasteiger partial charge in [0, 0.05) is 13.2 Å². The molecule has 1 atom stereocenters. The van der Waals surface area contributed by atoms with Gasteiger partial charge in [0.1, 0.15) is 10.5 Å². The zero-order valence-electron chi connectivity index (χ0n) is 5.22. The van der Waals surface area contributed by atoms with Gasteiger partial charge in [0.2, 0.25) is 0 Å². The zero-order chi connectivity index (χ0) is 5.82. The maximum atomic E-state index is 5.17. The summed E-state index contributed by atoms with van der Waals surface area (Å²) in [6.45, 7) is 1.86. The van der Waals surface area contributed by atoms with Gasteiger partial charge in [0.05, 0.1) is 6.10 Å². The van der Waals surface area contributed by atoms with Gasteiger partial charge in [-0.1, -0.05) is 0 Å². The predicted molar refractivity (Wildman–Crippen MR) is 34.9 cm³/mol. The maximum Gasteiger partial charge on any atom is 0.145 e. The summed E-state index contributed by atoms with van der Waals surface area (Å²) in [5.41, 5.74) is 0. The van der Waals surface area contributed by atoms with Gasteiger partial charge in [-0.05, 0) is 12.8 Å². The molecule has 0 radical (unpaired) electrons. The topological polar surface area (TPSA) is 18.5 Å². The molecule has 1 saturated heterocycles. The van der Waals surface area contributed by atoms with Crippen molar-refractivity contribution < 1.29 is 9.16 Å². The van der Waals surface area contributed by atoms with Crippen molar-refractivity contribution in [1.29, 1.82) is 0 Å². The van der Waals surface area contributed by atoms with Crippen LogP contribution in [0.1, 0.15) is 12.8 Å². The van der Waals surface area contributed by atoms with E-state index in [1.54, 1.807) is 0 Å². The largest absolute Gasteiger partial charge is 0.428 e. The highest BCUT2D eigenvalue weighted by atomic mass is 28.2. The summed E-state index contributed by atoms with van der Waals surface area (Å²) in [5, 5.41) is 0. The summed E-state index contributed by atoms with van der Waals surface area (Å²) in [5.74, 6) is 0. The van der Waals surface area contributed by atoms with Crippen LogP contribution in [0, 0.1) is 0 Å². The Hall–Kier alpha value is 0.137. The van der Waals surface area contributed by atoms with Crippen molar-refractivity contribution in [1.82, 2.24) is 0 Å². The maximum absolute atomic E-state index is 5.17. The highest BCUT2D eigenvalue weighted by Crippen LogP contribution is 2.13. The molecule has 1 fully saturated rings. The highest BCUT2D eigenvalue weighted by molar-refractivity contribution is 5.97.